The summed E-state index contributed by atoms with van der Waals surface area (Å²) >= 11 is 0. The fourth-order valence-corrected chi connectivity index (χ4v) is 2.42. The molecule has 0 aliphatic carbocycles. The van der Waals surface area contributed by atoms with Crippen molar-refractivity contribution in [3.63, 3.8) is 0 Å². The fourth-order valence-electron chi connectivity index (χ4n) is 2.42. The molecular weight excluding hydrogens is 344 g/mol. The van der Waals surface area contributed by atoms with Gasteiger partial charge in [-0.2, -0.15) is 0 Å². The number of carbonyl (C=O) groups excluding carboxylic acids is 3. The highest BCUT2D eigenvalue weighted by molar-refractivity contribution is 5.92. The Balaban J connectivity index is 1.88. The number of carbonyl (C=O) groups is 3. The van der Waals surface area contributed by atoms with E-state index in [0.717, 1.165) is 11.1 Å². The lowest BCUT2D eigenvalue weighted by molar-refractivity contribution is -0.129. The standard InChI is InChI=1S/C21H24N2O4/c1-14(18-7-5-4-6-8-18)23-20(25)15(2)27-21(26)19-11-9-17(10-12-19)13-22-16(3)24/h4-12,14-15H,13H2,1-3H3,(H,22,24)(H,23,25). The minimum atomic E-state index is -0.914. The molecule has 2 amide bonds. The highest BCUT2D eigenvalue weighted by atomic mass is 16.5. The Morgan fingerprint density at radius 1 is 0.963 bits per heavy atom. The van der Waals surface area contributed by atoms with E-state index in [9.17, 15) is 14.4 Å². The number of rotatable bonds is 7. The second-order valence-corrected chi connectivity index (χ2v) is 6.30. The van der Waals surface area contributed by atoms with Gasteiger partial charge in [0.15, 0.2) is 6.10 Å². The Kier molecular flexibility index (Phi) is 7.11. The van der Waals surface area contributed by atoms with Gasteiger partial charge in [-0.15, -0.1) is 0 Å². The predicted molar refractivity (Wildman–Crippen MR) is 102 cm³/mol. The van der Waals surface area contributed by atoms with Crippen molar-refractivity contribution in [2.75, 3.05) is 0 Å². The Morgan fingerprint density at radius 2 is 1.59 bits per heavy atom. The first-order chi connectivity index (χ1) is 12.9. The highest BCUT2D eigenvalue weighted by Crippen LogP contribution is 2.12. The summed E-state index contributed by atoms with van der Waals surface area (Å²) in [5, 5.41) is 5.51. The van der Waals surface area contributed by atoms with Gasteiger partial charge in [-0.05, 0) is 37.1 Å². The van der Waals surface area contributed by atoms with Gasteiger partial charge in [-0.25, -0.2) is 4.79 Å². The average molecular weight is 368 g/mol. The van der Waals surface area contributed by atoms with Crippen LogP contribution in [0.25, 0.3) is 0 Å². The van der Waals surface area contributed by atoms with Crippen LogP contribution in [-0.4, -0.2) is 23.9 Å². The van der Waals surface area contributed by atoms with Crippen LogP contribution >= 0.6 is 0 Å². The lowest BCUT2D eigenvalue weighted by Crippen LogP contribution is -2.37. The molecule has 0 spiro atoms. The average Bonchev–Trinajstić information content (AvgIpc) is 2.67. The summed E-state index contributed by atoms with van der Waals surface area (Å²) in [6, 6.07) is 16.0. The summed E-state index contributed by atoms with van der Waals surface area (Å²) in [6.07, 6.45) is -0.914. The number of amides is 2. The molecule has 2 rings (SSSR count). The molecule has 0 bridgehead atoms. The van der Waals surface area contributed by atoms with Gasteiger partial charge in [0, 0.05) is 13.5 Å². The molecule has 0 aromatic heterocycles. The zero-order valence-corrected chi connectivity index (χ0v) is 15.7. The van der Waals surface area contributed by atoms with Gasteiger partial charge in [-0.3, -0.25) is 9.59 Å². The van der Waals surface area contributed by atoms with E-state index in [1.807, 2.05) is 37.3 Å². The summed E-state index contributed by atoms with van der Waals surface area (Å²) < 4.78 is 5.25. The second kappa shape index (κ2) is 9.52. The molecule has 0 heterocycles. The number of hydrogen-bond acceptors (Lipinski definition) is 4. The van der Waals surface area contributed by atoms with Crippen molar-refractivity contribution in [1.29, 1.82) is 0 Å². The van der Waals surface area contributed by atoms with Crippen LogP contribution in [0.1, 0.15) is 48.3 Å². The van der Waals surface area contributed by atoms with Crippen LogP contribution in [0.2, 0.25) is 0 Å². The Labute approximate surface area is 158 Å². The summed E-state index contributed by atoms with van der Waals surface area (Å²) in [7, 11) is 0. The van der Waals surface area contributed by atoms with Crippen molar-refractivity contribution in [1.82, 2.24) is 10.6 Å². The molecule has 27 heavy (non-hydrogen) atoms. The molecule has 2 atom stereocenters. The van der Waals surface area contributed by atoms with E-state index >= 15 is 0 Å². The van der Waals surface area contributed by atoms with Crippen molar-refractivity contribution in [2.24, 2.45) is 0 Å². The van der Waals surface area contributed by atoms with Crippen LogP contribution in [0, 0.1) is 0 Å². The monoisotopic (exact) mass is 368 g/mol. The quantitative estimate of drug-likeness (QED) is 0.736. The van der Waals surface area contributed by atoms with Gasteiger partial charge in [0.05, 0.1) is 11.6 Å². The van der Waals surface area contributed by atoms with Crippen molar-refractivity contribution < 1.29 is 19.1 Å². The van der Waals surface area contributed by atoms with E-state index in [0.29, 0.717) is 12.1 Å². The number of hydrogen-bond donors (Lipinski definition) is 2. The molecule has 2 unspecified atom stereocenters. The third-order valence-corrected chi connectivity index (χ3v) is 4.04. The van der Waals surface area contributed by atoms with E-state index in [-0.39, 0.29) is 17.9 Å². The normalized spacial score (nSPS) is 12.6. The van der Waals surface area contributed by atoms with Crippen LogP contribution in [0.4, 0.5) is 0 Å². The number of benzene rings is 2. The van der Waals surface area contributed by atoms with Crippen molar-refractivity contribution in [2.45, 2.75) is 39.5 Å². The second-order valence-electron chi connectivity index (χ2n) is 6.30. The van der Waals surface area contributed by atoms with Gasteiger partial charge >= 0.3 is 5.97 Å². The lowest BCUT2D eigenvalue weighted by atomic mass is 10.1. The molecule has 0 saturated heterocycles. The SMILES string of the molecule is CC(=O)NCc1ccc(C(=O)OC(C)C(=O)NC(C)c2ccccc2)cc1. The molecule has 6 nitrogen and oxygen atoms in total. The van der Waals surface area contributed by atoms with E-state index in [1.165, 1.54) is 13.8 Å². The van der Waals surface area contributed by atoms with E-state index < -0.39 is 12.1 Å². The largest absolute Gasteiger partial charge is 0.449 e. The highest BCUT2D eigenvalue weighted by Gasteiger charge is 2.20. The van der Waals surface area contributed by atoms with Gasteiger partial charge in [0.2, 0.25) is 5.91 Å². The molecule has 2 aromatic rings. The molecule has 142 valence electrons. The van der Waals surface area contributed by atoms with E-state index in [1.54, 1.807) is 24.3 Å². The number of ether oxygens (including phenoxy) is 1. The fraction of sp³-hybridized carbons (Fsp3) is 0.286. The van der Waals surface area contributed by atoms with E-state index in [2.05, 4.69) is 10.6 Å². The van der Waals surface area contributed by atoms with Crippen LogP contribution in [0.15, 0.2) is 54.6 Å². The van der Waals surface area contributed by atoms with Gasteiger partial charge < -0.3 is 15.4 Å². The van der Waals surface area contributed by atoms with Gasteiger partial charge in [0.1, 0.15) is 0 Å². The predicted octanol–water partition coefficient (Wildman–Crippen LogP) is 2.75. The summed E-state index contributed by atoms with van der Waals surface area (Å²) in [6.45, 7) is 5.24. The summed E-state index contributed by atoms with van der Waals surface area (Å²) in [5.41, 5.74) is 2.18. The third-order valence-electron chi connectivity index (χ3n) is 4.04. The first-order valence-electron chi connectivity index (χ1n) is 8.76. The molecular formula is C21H24N2O4. The Hall–Kier alpha value is -3.15. The minimum absolute atomic E-state index is 0.122. The van der Waals surface area contributed by atoms with Crippen LogP contribution in [0.3, 0.4) is 0 Å². The third kappa shape index (κ3) is 6.26. The molecule has 0 aliphatic heterocycles. The molecule has 0 aliphatic rings. The number of nitrogens with one attached hydrogen (secondary N) is 2. The first-order valence-corrected chi connectivity index (χ1v) is 8.76. The molecule has 0 radical (unpaired) electrons. The van der Waals surface area contributed by atoms with Gasteiger partial charge in [0.25, 0.3) is 5.91 Å². The summed E-state index contributed by atoms with van der Waals surface area (Å²) in [4.78, 5) is 35.4. The molecule has 6 heteroatoms. The van der Waals surface area contributed by atoms with Crippen molar-refractivity contribution >= 4 is 17.8 Å². The maximum absolute atomic E-state index is 12.3. The summed E-state index contributed by atoms with van der Waals surface area (Å²) in [5.74, 6) is -1.05. The van der Waals surface area contributed by atoms with Crippen molar-refractivity contribution in [3.05, 3.63) is 71.3 Å². The maximum Gasteiger partial charge on any atom is 0.338 e. The van der Waals surface area contributed by atoms with Gasteiger partial charge in [-0.1, -0.05) is 42.5 Å². The molecule has 2 aromatic carbocycles. The minimum Gasteiger partial charge on any atom is -0.449 e. The van der Waals surface area contributed by atoms with Crippen LogP contribution in [0.5, 0.6) is 0 Å². The molecule has 0 fully saturated rings. The molecule has 2 N–H and O–H groups in total. The topological polar surface area (TPSA) is 84.5 Å². The zero-order valence-electron chi connectivity index (χ0n) is 15.7. The number of esters is 1. The lowest BCUT2D eigenvalue weighted by Gasteiger charge is -2.18. The maximum atomic E-state index is 12.3. The Morgan fingerprint density at radius 3 is 2.19 bits per heavy atom. The smallest absolute Gasteiger partial charge is 0.338 e. The van der Waals surface area contributed by atoms with Crippen molar-refractivity contribution in [3.8, 4) is 0 Å². The zero-order chi connectivity index (χ0) is 19.8. The molecule has 0 saturated carbocycles. The van der Waals surface area contributed by atoms with Crippen LogP contribution in [-0.2, 0) is 20.9 Å². The Bertz CT molecular complexity index is 788. The first kappa shape index (κ1) is 20.2. The van der Waals surface area contributed by atoms with Crippen LogP contribution < -0.4 is 10.6 Å². The van der Waals surface area contributed by atoms with E-state index in [4.69, 9.17) is 4.74 Å².